The molecular formula is C18H17N3O. The highest BCUT2D eigenvalue weighted by Gasteiger charge is 2.33. The Kier molecular flexibility index (Phi) is 3.48. The van der Waals surface area contributed by atoms with Crippen LogP contribution in [0, 0.1) is 11.3 Å². The molecule has 0 aliphatic carbocycles. The molecule has 0 saturated heterocycles. The molecule has 1 aliphatic heterocycles. The molecule has 0 radical (unpaired) electrons. The SMILES string of the molecule is C[C@@H](c1ccccc1)[C@H]1C(C#N)=C(N)Oc2cc(N)ccc21. The van der Waals surface area contributed by atoms with Crippen LogP contribution in [-0.4, -0.2) is 0 Å². The van der Waals surface area contributed by atoms with Gasteiger partial charge in [-0.3, -0.25) is 0 Å². The number of allylic oxidation sites excluding steroid dienone is 1. The monoisotopic (exact) mass is 291 g/mol. The molecule has 1 aliphatic rings. The molecule has 0 saturated carbocycles. The van der Waals surface area contributed by atoms with Crippen LogP contribution < -0.4 is 16.2 Å². The molecule has 2 atom stereocenters. The van der Waals surface area contributed by atoms with Gasteiger partial charge in [-0.2, -0.15) is 5.26 Å². The van der Waals surface area contributed by atoms with Gasteiger partial charge >= 0.3 is 0 Å². The Morgan fingerprint density at radius 1 is 1.14 bits per heavy atom. The number of nitrogens with zero attached hydrogens (tertiary/aromatic N) is 1. The van der Waals surface area contributed by atoms with Gasteiger partial charge < -0.3 is 16.2 Å². The van der Waals surface area contributed by atoms with Crippen LogP contribution in [0.1, 0.15) is 29.9 Å². The molecule has 4 heteroatoms. The van der Waals surface area contributed by atoms with E-state index in [2.05, 4.69) is 25.1 Å². The molecule has 0 bridgehead atoms. The summed E-state index contributed by atoms with van der Waals surface area (Å²) < 4.78 is 5.59. The summed E-state index contributed by atoms with van der Waals surface area (Å²) in [5.41, 5.74) is 14.9. The Balaban J connectivity index is 2.14. The maximum absolute atomic E-state index is 9.52. The average Bonchev–Trinajstić information content (AvgIpc) is 2.53. The van der Waals surface area contributed by atoms with E-state index in [4.69, 9.17) is 16.2 Å². The lowest BCUT2D eigenvalue weighted by Gasteiger charge is -2.30. The standard InChI is InChI=1S/C18H17N3O/c1-11(12-5-3-2-4-6-12)17-14-8-7-13(20)9-16(14)22-18(21)15(17)10-19/h2-9,11,17H,20-21H2,1H3/t11-,17+/m0/s1. The van der Waals surface area contributed by atoms with E-state index in [-0.39, 0.29) is 17.7 Å². The summed E-state index contributed by atoms with van der Waals surface area (Å²) in [5.74, 6) is 0.745. The largest absolute Gasteiger partial charge is 0.440 e. The van der Waals surface area contributed by atoms with Gasteiger partial charge in [0.1, 0.15) is 11.8 Å². The van der Waals surface area contributed by atoms with Gasteiger partial charge in [0.15, 0.2) is 0 Å². The van der Waals surface area contributed by atoms with Gasteiger partial charge in [-0.1, -0.05) is 43.3 Å². The summed E-state index contributed by atoms with van der Waals surface area (Å²) >= 11 is 0. The molecule has 1 heterocycles. The summed E-state index contributed by atoms with van der Waals surface area (Å²) in [6, 6.07) is 17.8. The van der Waals surface area contributed by atoms with Crippen molar-refractivity contribution in [2.24, 2.45) is 5.73 Å². The predicted octanol–water partition coefficient (Wildman–Crippen LogP) is 3.24. The van der Waals surface area contributed by atoms with E-state index in [9.17, 15) is 5.26 Å². The zero-order chi connectivity index (χ0) is 15.7. The molecule has 0 unspecified atom stereocenters. The molecule has 22 heavy (non-hydrogen) atoms. The molecule has 0 aromatic heterocycles. The number of benzene rings is 2. The highest BCUT2D eigenvalue weighted by Crippen LogP contribution is 2.46. The minimum Gasteiger partial charge on any atom is -0.440 e. The number of nitrogen functional groups attached to an aromatic ring is 1. The van der Waals surface area contributed by atoms with Crippen LogP contribution in [0.5, 0.6) is 5.75 Å². The summed E-state index contributed by atoms with van der Waals surface area (Å²) in [7, 11) is 0. The second kappa shape index (κ2) is 5.45. The van der Waals surface area contributed by atoms with Crippen LogP contribution in [0.3, 0.4) is 0 Å². The van der Waals surface area contributed by atoms with Crippen molar-refractivity contribution < 1.29 is 4.74 Å². The second-order valence-electron chi connectivity index (χ2n) is 5.47. The Morgan fingerprint density at radius 3 is 2.55 bits per heavy atom. The second-order valence-corrected chi connectivity index (χ2v) is 5.47. The zero-order valence-corrected chi connectivity index (χ0v) is 12.3. The quantitative estimate of drug-likeness (QED) is 0.832. The number of nitriles is 1. The van der Waals surface area contributed by atoms with Gasteiger partial charge in [-0.15, -0.1) is 0 Å². The van der Waals surface area contributed by atoms with Crippen LogP contribution in [-0.2, 0) is 0 Å². The fraction of sp³-hybridized carbons (Fsp3) is 0.167. The smallest absolute Gasteiger partial charge is 0.205 e. The highest BCUT2D eigenvalue weighted by molar-refractivity contribution is 5.57. The van der Waals surface area contributed by atoms with E-state index in [1.54, 1.807) is 6.07 Å². The number of nitrogens with two attached hydrogens (primary N) is 2. The van der Waals surface area contributed by atoms with Crippen molar-refractivity contribution in [1.29, 1.82) is 5.26 Å². The Labute approximate surface area is 129 Å². The number of hydrogen-bond acceptors (Lipinski definition) is 4. The van der Waals surface area contributed by atoms with E-state index < -0.39 is 0 Å². The van der Waals surface area contributed by atoms with E-state index >= 15 is 0 Å². The van der Waals surface area contributed by atoms with E-state index in [0.717, 1.165) is 11.1 Å². The number of rotatable bonds is 2. The fourth-order valence-corrected chi connectivity index (χ4v) is 2.97. The van der Waals surface area contributed by atoms with Gasteiger partial charge in [-0.25, -0.2) is 0 Å². The minimum atomic E-state index is -0.142. The molecule has 4 N–H and O–H groups in total. The van der Waals surface area contributed by atoms with E-state index in [1.807, 2.05) is 30.3 Å². The number of hydrogen-bond donors (Lipinski definition) is 2. The van der Waals surface area contributed by atoms with Crippen molar-refractivity contribution in [3.05, 3.63) is 71.1 Å². The number of anilines is 1. The molecule has 110 valence electrons. The Hall–Kier alpha value is -2.93. The van der Waals surface area contributed by atoms with Crippen LogP contribution in [0.25, 0.3) is 0 Å². The van der Waals surface area contributed by atoms with Crippen molar-refractivity contribution >= 4 is 5.69 Å². The average molecular weight is 291 g/mol. The summed E-state index contributed by atoms with van der Waals surface area (Å²) in [6.07, 6.45) is 0. The molecule has 2 aromatic rings. The lowest BCUT2D eigenvalue weighted by Crippen LogP contribution is -2.23. The molecule has 3 rings (SSSR count). The van der Waals surface area contributed by atoms with E-state index in [0.29, 0.717) is 17.0 Å². The first-order valence-electron chi connectivity index (χ1n) is 7.13. The first kappa shape index (κ1) is 14.0. The van der Waals surface area contributed by atoms with Crippen molar-refractivity contribution in [2.75, 3.05) is 5.73 Å². The third-order valence-electron chi connectivity index (χ3n) is 4.11. The maximum atomic E-state index is 9.52. The van der Waals surface area contributed by atoms with Gasteiger partial charge in [0, 0.05) is 23.2 Å². The number of ether oxygens (including phenoxy) is 1. The molecule has 0 spiro atoms. The molecule has 2 aromatic carbocycles. The van der Waals surface area contributed by atoms with E-state index in [1.165, 1.54) is 0 Å². The molecular weight excluding hydrogens is 274 g/mol. The summed E-state index contributed by atoms with van der Waals surface area (Å²) in [6.45, 7) is 2.09. The first-order valence-corrected chi connectivity index (χ1v) is 7.13. The molecule has 0 amide bonds. The maximum Gasteiger partial charge on any atom is 0.205 e. The van der Waals surface area contributed by atoms with Gasteiger partial charge in [0.05, 0.1) is 5.57 Å². The first-order chi connectivity index (χ1) is 10.6. The third kappa shape index (κ3) is 2.27. The van der Waals surface area contributed by atoms with Crippen LogP contribution in [0.2, 0.25) is 0 Å². The van der Waals surface area contributed by atoms with Gasteiger partial charge in [0.25, 0.3) is 0 Å². The number of fused-ring (bicyclic) bond motifs is 1. The van der Waals surface area contributed by atoms with Gasteiger partial charge in [-0.05, 0) is 17.5 Å². The van der Waals surface area contributed by atoms with Crippen molar-refractivity contribution in [3.8, 4) is 11.8 Å². The molecule has 4 nitrogen and oxygen atoms in total. The summed E-state index contributed by atoms with van der Waals surface area (Å²) in [5, 5.41) is 9.52. The Morgan fingerprint density at radius 2 is 1.86 bits per heavy atom. The topological polar surface area (TPSA) is 85.1 Å². The van der Waals surface area contributed by atoms with Crippen molar-refractivity contribution in [2.45, 2.75) is 18.8 Å². The lowest BCUT2D eigenvalue weighted by atomic mass is 9.77. The summed E-state index contributed by atoms with van der Waals surface area (Å²) in [4.78, 5) is 0. The zero-order valence-electron chi connectivity index (χ0n) is 12.3. The van der Waals surface area contributed by atoms with Crippen molar-refractivity contribution in [3.63, 3.8) is 0 Å². The van der Waals surface area contributed by atoms with Crippen LogP contribution in [0.15, 0.2) is 60.0 Å². The highest BCUT2D eigenvalue weighted by atomic mass is 16.5. The minimum absolute atomic E-state index is 0.0978. The molecule has 0 fully saturated rings. The van der Waals surface area contributed by atoms with Crippen LogP contribution >= 0.6 is 0 Å². The third-order valence-corrected chi connectivity index (χ3v) is 4.11. The fourth-order valence-electron chi connectivity index (χ4n) is 2.97. The Bertz CT molecular complexity index is 775. The lowest BCUT2D eigenvalue weighted by molar-refractivity contribution is 0.381. The normalized spacial score (nSPS) is 18.1. The van der Waals surface area contributed by atoms with Crippen molar-refractivity contribution in [1.82, 2.24) is 0 Å². The van der Waals surface area contributed by atoms with Gasteiger partial charge in [0.2, 0.25) is 5.88 Å². The van der Waals surface area contributed by atoms with Crippen LogP contribution in [0.4, 0.5) is 5.69 Å². The predicted molar refractivity (Wildman–Crippen MR) is 85.9 cm³/mol.